The SMILES string of the molecule is CCC(NC)C(C)c1c([N+](=O)[O-])ncn1C. The first-order chi connectivity index (χ1) is 7.52. The average Bonchev–Trinajstić information content (AvgIpc) is 2.61. The van der Waals surface area contributed by atoms with Crippen LogP contribution in [0.15, 0.2) is 6.33 Å². The molecule has 0 saturated carbocycles. The molecule has 16 heavy (non-hydrogen) atoms. The molecule has 1 aromatic heterocycles. The Hall–Kier alpha value is -1.43. The summed E-state index contributed by atoms with van der Waals surface area (Å²) in [6.07, 6.45) is 2.41. The molecule has 1 heterocycles. The van der Waals surface area contributed by atoms with E-state index in [1.807, 2.05) is 14.0 Å². The molecule has 1 aromatic rings. The summed E-state index contributed by atoms with van der Waals surface area (Å²) < 4.78 is 1.72. The highest BCUT2D eigenvalue weighted by molar-refractivity contribution is 5.31. The van der Waals surface area contributed by atoms with Gasteiger partial charge in [-0.1, -0.05) is 13.8 Å². The summed E-state index contributed by atoms with van der Waals surface area (Å²) in [7, 11) is 3.65. The third kappa shape index (κ3) is 2.21. The van der Waals surface area contributed by atoms with Gasteiger partial charge >= 0.3 is 5.82 Å². The number of nitrogens with one attached hydrogen (secondary N) is 1. The van der Waals surface area contributed by atoms with Crippen LogP contribution in [-0.2, 0) is 7.05 Å². The number of likely N-dealkylation sites (N-methyl/N-ethyl adjacent to an activating group) is 1. The largest absolute Gasteiger partial charge is 0.385 e. The van der Waals surface area contributed by atoms with Gasteiger partial charge in [0.2, 0.25) is 6.33 Å². The monoisotopic (exact) mass is 226 g/mol. The number of hydrogen-bond acceptors (Lipinski definition) is 4. The molecule has 0 fully saturated rings. The lowest BCUT2D eigenvalue weighted by Crippen LogP contribution is -2.31. The third-order valence-electron chi connectivity index (χ3n) is 2.98. The van der Waals surface area contributed by atoms with Crippen LogP contribution in [0.25, 0.3) is 0 Å². The van der Waals surface area contributed by atoms with Crippen molar-refractivity contribution in [3.05, 3.63) is 22.1 Å². The van der Waals surface area contributed by atoms with Crippen LogP contribution < -0.4 is 5.32 Å². The normalized spacial score (nSPS) is 14.8. The van der Waals surface area contributed by atoms with Crippen LogP contribution in [0.3, 0.4) is 0 Å². The zero-order valence-electron chi connectivity index (χ0n) is 10.1. The summed E-state index contributed by atoms with van der Waals surface area (Å²) in [5.74, 6) is 0.0200. The topological polar surface area (TPSA) is 73.0 Å². The van der Waals surface area contributed by atoms with Gasteiger partial charge in [0.1, 0.15) is 5.69 Å². The molecule has 0 amide bonds. The van der Waals surface area contributed by atoms with E-state index in [1.54, 1.807) is 11.6 Å². The second kappa shape index (κ2) is 5.07. The van der Waals surface area contributed by atoms with Crippen molar-refractivity contribution in [2.24, 2.45) is 7.05 Å². The first-order valence-corrected chi connectivity index (χ1v) is 5.35. The van der Waals surface area contributed by atoms with Crippen molar-refractivity contribution in [1.29, 1.82) is 0 Å². The third-order valence-corrected chi connectivity index (χ3v) is 2.98. The van der Waals surface area contributed by atoms with E-state index in [0.717, 1.165) is 6.42 Å². The molecule has 0 bridgehead atoms. The van der Waals surface area contributed by atoms with Crippen LogP contribution in [-0.4, -0.2) is 27.6 Å². The Morgan fingerprint density at radius 3 is 2.75 bits per heavy atom. The maximum absolute atomic E-state index is 10.8. The summed E-state index contributed by atoms with van der Waals surface area (Å²) in [5.41, 5.74) is 0.672. The van der Waals surface area contributed by atoms with Crippen LogP contribution in [0.2, 0.25) is 0 Å². The van der Waals surface area contributed by atoms with Crippen LogP contribution in [0, 0.1) is 10.1 Å². The summed E-state index contributed by atoms with van der Waals surface area (Å²) in [6, 6.07) is 0.217. The van der Waals surface area contributed by atoms with Crippen LogP contribution in [0.5, 0.6) is 0 Å². The smallest absolute Gasteiger partial charge is 0.358 e. The highest BCUT2D eigenvalue weighted by Crippen LogP contribution is 2.27. The fraction of sp³-hybridized carbons (Fsp3) is 0.700. The lowest BCUT2D eigenvalue weighted by atomic mass is 9.96. The van der Waals surface area contributed by atoms with Crippen molar-refractivity contribution in [1.82, 2.24) is 14.9 Å². The lowest BCUT2D eigenvalue weighted by Gasteiger charge is -2.21. The molecule has 1 N–H and O–H groups in total. The average molecular weight is 226 g/mol. The Balaban J connectivity index is 3.10. The minimum atomic E-state index is -0.422. The summed E-state index contributed by atoms with van der Waals surface area (Å²) >= 11 is 0. The van der Waals surface area contributed by atoms with Gasteiger partial charge in [0.25, 0.3) is 0 Å². The van der Waals surface area contributed by atoms with Crippen molar-refractivity contribution >= 4 is 5.82 Å². The Bertz CT molecular complexity index is 371. The number of hydrogen-bond donors (Lipinski definition) is 1. The molecule has 1 rings (SSSR count). The van der Waals surface area contributed by atoms with Crippen molar-refractivity contribution in [2.45, 2.75) is 32.2 Å². The maximum atomic E-state index is 10.8. The Morgan fingerprint density at radius 2 is 2.31 bits per heavy atom. The van der Waals surface area contributed by atoms with Gasteiger partial charge in [-0.15, -0.1) is 0 Å². The molecule has 0 saturated heterocycles. The fourth-order valence-electron chi connectivity index (χ4n) is 2.09. The zero-order valence-corrected chi connectivity index (χ0v) is 10.1. The van der Waals surface area contributed by atoms with Crippen molar-refractivity contribution in [3.8, 4) is 0 Å². The lowest BCUT2D eigenvalue weighted by molar-refractivity contribution is -0.390. The summed E-state index contributed by atoms with van der Waals surface area (Å²) in [4.78, 5) is 14.2. The number of nitrogens with zero attached hydrogens (tertiary/aromatic N) is 3. The summed E-state index contributed by atoms with van der Waals surface area (Å²) in [5, 5.41) is 14.0. The van der Waals surface area contributed by atoms with Gasteiger partial charge in [0.05, 0.1) is 0 Å². The number of rotatable bonds is 5. The van der Waals surface area contributed by atoms with Gasteiger partial charge in [-0.3, -0.25) is 0 Å². The quantitative estimate of drug-likeness (QED) is 0.609. The molecule has 0 radical (unpaired) electrons. The predicted octanol–water partition coefficient (Wildman–Crippen LogP) is 1.43. The molecule has 6 heteroatoms. The number of nitro groups is 1. The first-order valence-electron chi connectivity index (χ1n) is 5.35. The van der Waals surface area contributed by atoms with E-state index in [-0.39, 0.29) is 17.8 Å². The van der Waals surface area contributed by atoms with Crippen LogP contribution in [0.4, 0.5) is 5.82 Å². The molecule has 0 aromatic carbocycles. The highest BCUT2D eigenvalue weighted by Gasteiger charge is 2.28. The molecule has 0 spiro atoms. The van der Waals surface area contributed by atoms with Gasteiger partial charge in [0, 0.05) is 19.0 Å². The molecule has 0 aliphatic rings. The van der Waals surface area contributed by atoms with E-state index in [9.17, 15) is 10.1 Å². The van der Waals surface area contributed by atoms with Crippen molar-refractivity contribution < 1.29 is 4.92 Å². The van der Waals surface area contributed by atoms with E-state index in [0.29, 0.717) is 5.69 Å². The first kappa shape index (κ1) is 12.6. The standard InChI is InChI=1S/C10H18N4O2/c1-5-8(11-3)7(2)9-10(14(15)16)12-6-13(9)4/h6-8,11H,5H2,1-4H3. The van der Waals surface area contributed by atoms with Gasteiger partial charge in [-0.2, -0.15) is 0 Å². The van der Waals surface area contributed by atoms with Crippen LogP contribution in [0.1, 0.15) is 31.9 Å². The fourth-order valence-corrected chi connectivity index (χ4v) is 2.09. The maximum Gasteiger partial charge on any atom is 0.385 e. The highest BCUT2D eigenvalue weighted by atomic mass is 16.6. The molecule has 0 aliphatic carbocycles. The minimum absolute atomic E-state index is 0.0382. The molecular weight excluding hydrogens is 208 g/mol. The Morgan fingerprint density at radius 1 is 1.69 bits per heavy atom. The summed E-state index contributed by atoms with van der Waals surface area (Å²) in [6.45, 7) is 4.04. The zero-order chi connectivity index (χ0) is 12.3. The van der Waals surface area contributed by atoms with E-state index in [4.69, 9.17) is 0 Å². The second-order valence-corrected chi connectivity index (χ2v) is 3.91. The second-order valence-electron chi connectivity index (χ2n) is 3.91. The van der Waals surface area contributed by atoms with E-state index >= 15 is 0 Å². The number of imidazole rings is 1. The van der Waals surface area contributed by atoms with Gasteiger partial charge in [-0.05, 0) is 23.4 Å². The number of aromatic nitrogens is 2. The van der Waals surface area contributed by atoms with E-state index < -0.39 is 4.92 Å². The van der Waals surface area contributed by atoms with Crippen molar-refractivity contribution in [2.75, 3.05) is 7.05 Å². The molecule has 90 valence electrons. The van der Waals surface area contributed by atoms with Crippen molar-refractivity contribution in [3.63, 3.8) is 0 Å². The predicted molar refractivity (Wildman–Crippen MR) is 61.4 cm³/mol. The molecule has 2 atom stereocenters. The van der Waals surface area contributed by atoms with Gasteiger partial charge in [0.15, 0.2) is 0 Å². The molecule has 0 aliphatic heterocycles. The number of aryl methyl sites for hydroxylation is 1. The van der Waals surface area contributed by atoms with Crippen LogP contribution >= 0.6 is 0 Å². The minimum Gasteiger partial charge on any atom is -0.358 e. The Kier molecular flexibility index (Phi) is 4.00. The van der Waals surface area contributed by atoms with Gasteiger partial charge < -0.3 is 20.0 Å². The molecule has 2 unspecified atom stereocenters. The van der Waals surface area contributed by atoms with E-state index in [2.05, 4.69) is 17.2 Å². The molecule has 6 nitrogen and oxygen atoms in total. The Labute approximate surface area is 94.8 Å². The van der Waals surface area contributed by atoms with Gasteiger partial charge in [-0.25, -0.2) is 0 Å². The van der Waals surface area contributed by atoms with E-state index in [1.165, 1.54) is 6.33 Å². The molecular formula is C10H18N4O2.